The highest BCUT2D eigenvalue weighted by molar-refractivity contribution is 7.89. The number of ketones is 1. The molecule has 0 aromatic heterocycles. The summed E-state index contributed by atoms with van der Waals surface area (Å²) in [6.07, 6.45) is 0. The number of hydrogen-bond donors (Lipinski definition) is 1. The van der Waals surface area contributed by atoms with Gasteiger partial charge in [0.05, 0.1) is 0 Å². The molecule has 0 fully saturated rings. The standard InChI is InChI=1S/C19H21FN2O4S/c1-4-22(5-2)27(25,26)18-12-15(8-11-17(18)20)19(24)21-16-9-6-14(7-10-16)13(3)23/h6-12H,4-5H2,1-3H3,(H,21,24). The maximum atomic E-state index is 14.1. The second-order valence-corrected chi connectivity index (χ2v) is 7.73. The molecule has 0 aliphatic carbocycles. The van der Waals surface area contributed by atoms with Gasteiger partial charge in [0.15, 0.2) is 5.78 Å². The molecule has 2 rings (SSSR count). The quantitative estimate of drug-likeness (QED) is 0.733. The van der Waals surface area contributed by atoms with Crippen LogP contribution in [0.25, 0.3) is 0 Å². The summed E-state index contributed by atoms with van der Waals surface area (Å²) in [6, 6.07) is 9.47. The number of carbonyl (C=O) groups is 2. The normalized spacial score (nSPS) is 11.4. The van der Waals surface area contributed by atoms with E-state index >= 15 is 0 Å². The minimum Gasteiger partial charge on any atom is -0.322 e. The summed E-state index contributed by atoms with van der Waals surface area (Å²) in [4.78, 5) is 23.2. The fourth-order valence-electron chi connectivity index (χ4n) is 2.54. The molecular weight excluding hydrogens is 371 g/mol. The average Bonchev–Trinajstić information content (AvgIpc) is 2.63. The highest BCUT2D eigenvalue weighted by Gasteiger charge is 2.26. The van der Waals surface area contributed by atoms with Crippen molar-refractivity contribution in [3.05, 3.63) is 59.4 Å². The van der Waals surface area contributed by atoms with Gasteiger partial charge in [0.1, 0.15) is 10.7 Å². The van der Waals surface area contributed by atoms with Gasteiger partial charge in [-0.1, -0.05) is 13.8 Å². The summed E-state index contributed by atoms with van der Waals surface area (Å²) in [5.74, 6) is -1.59. The molecule has 0 spiro atoms. The number of amides is 1. The number of nitrogens with one attached hydrogen (secondary N) is 1. The third kappa shape index (κ3) is 4.58. The topological polar surface area (TPSA) is 83.6 Å². The van der Waals surface area contributed by atoms with E-state index in [0.29, 0.717) is 11.3 Å². The lowest BCUT2D eigenvalue weighted by atomic mass is 10.1. The Morgan fingerprint density at radius 1 is 1.00 bits per heavy atom. The van der Waals surface area contributed by atoms with Crippen molar-refractivity contribution in [3.8, 4) is 0 Å². The summed E-state index contributed by atoms with van der Waals surface area (Å²) < 4.78 is 40.4. The zero-order chi connectivity index (χ0) is 20.2. The van der Waals surface area contributed by atoms with E-state index in [0.717, 1.165) is 16.4 Å². The molecule has 0 saturated carbocycles. The van der Waals surface area contributed by atoms with Crippen molar-refractivity contribution >= 4 is 27.4 Å². The predicted octanol–water partition coefficient (Wildman–Crippen LogP) is 3.31. The number of halogens is 1. The first-order chi connectivity index (χ1) is 12.7. The summed E-state index contributed by atoms with van der Waals surface area (Å²) >= 11 is 0. The Morgan fingerprint density at radius 2 is 1.56 bits per heavy atom. The largest absolute Gasteiger partial charge is 0.322 e. The van der Waals surface area contributed by atoms with Crippen LogP contribution in [0, 0.1) is 5.82 Å². The molecule has 0 heterocycles. The van der Waals surface area contributed by atoms with E-state index in [1.807, 2.05) is 0 Å². The van der Waals surface area contributed by atoms with Crippen LogP contribution in [-0.2, 0) is 10.0 Å². The number of nitrogens with zero attached hydrogens (tertiary/aromatic N) is 1. The Hall–Kier alpha value is -2.58. The lowest BCUT2D eigenvalue weighted by Crippen LogP contribution is -2.31. The first-order valence-electron chi connectivity index (χ1n) is 8.42. The van der Waals surface area contributed by atoms with Gasteiger partial charge >= 0.3 is 0 Å². The first kappa shape index (κ1) is 20.7. The average molecular weight is 392 g/mol. The lowest BCUT2D eigenvalue weighted by molar-refractivity contribution is 0.101. The molecule has 0 aliphatic heterocycles. The molecule has 0 bridgehead atoms. The van der Waals surface area contributed by atoms with Crippen molar-refractivity contribution in [3.63, 3.8) is 0 Å². The molecule has 6 nitrogen and oxygen atoms in total. The van der Waals surface area contributed by atoms with E-state index < -0.39 is 26.6 Å². The Balaban J connectivity index is 2.31. The van der Waals surface area contributed by atoms with Crippen LogP contribution in [0.15, 0.2) is 47.4 Å². The molecule has 8 heteroatoms. The lowest BCUT2D eigenvalue weighted by Gasteiger charge is -2.19. The fourth-order valence-corrected chi connectivity index (χ4v) is 4.08. The van der Waals surface area contributed by atoms with Crippen LogP contribution >= 0.6 is 0 Å². The maximum Gasteiger partial charge on any atom is 0.255 e. The highest BCUT2D eigenvalue weighted by atomic mass is 32.2. The predicted molar refractivity (Wildman–Crippen MR) is 101 cm³/mol. The van der Waals surface area contributed by atoms with E-state index in [1.54, 1.807) is 38.1 Å². The number of anilines is 1. The van der Waals surface area contributed by atoms with Crippen LogP contribution < -0.4 is 5.32 Å². The number of hydrogen-bond acceptors (Lipinski definition) is 4. The van der Waals surface area contributed by atoms with E-state index in [-0.39, 0.29) is 24.4 Å². The number of sulfonamides is 1. The second kappa shape index (κ2) is 8.41. The summed E-state index contributed by atoms with van der Waals surface area (Å²) in [7, 11) is -4.04. The Bertz CT molecular complexity index is 952. The van der Waals surface area contributed by atoms with Crippen LogP contribution in [0.2, 0.25) is 0 Å². The van der Waals surface area contributed by atoms with E-state index in [4.69, 9.17) is 0 Å². The SMILES string of the molecule is CCN(CC)S(=O)(=O)c1cc(C(=O)Nc2ccc(C(C)=O)cc2)ccc1F. The van der Waals surface area contributed by atoms with Gasteiger partial charge in [-0.3, -0.25) is 9.59 Å². The van der Waals surface area contributed by atoms with Crippen LogP contribution in [-0.4, -0.2) is 37.5 Å². The molecular formula is C19H21FN2O4S. The molecule has 0 unspecified atom stereocenters. The third-order valence-electron chi connectivity index (χ3n) is 4.07. The molecule has 0 aliphatic rings. The maximum absolute atomic E-state index is 14.1. The van der Waals surface area contributed by atoms with Crippen molar-refractivity contribution in [2.75, 3.05) is 18.4 Å². The minimum absolute atomic E-state index is 0.0118. The fraction of sp³-hybridized carbons (Fsp3) is 0.263. The van der Waals surface area contributed by atoms with Gasteiger partial charge in [0.25, 0.3) is 5.91 Å². The molecule has 2 aromatic carbocycles. The van der Waals surface area contributed by atoms with Gasteiger partial charge in [-0.05, 0) is 49.4 Å². The minimum atomic E-state index is -4.04. The van der Waals surface area contributed by atoms with Crippen molar-refractivity contribution in [2.45, 2.75) is 25.7 Å². The highest BCUT2D eigenvalue weighted by Crippen LogP contribution is 2.21. The second-order valence-electron chi connectivity index (χ2n) is 5.82. The zero-order valence-electron chi connectivity index (χ0n) is 15.3. The van der Waals surface area contributed by atoms with Crippen molar-refractivity contribution < 1.29 is 22.4 Å². The van der Waals surface area contributed by atoms with Crippen LogP contribution in [0.1, 0.15) is 41.5 Å². The van der Waals surface area contributed by atoms with Crippen molar-refractivity contribution in [2.24, 2.45) is 0 Å². The van der Waals surface area contributed by atoms with Crippen molar-refractivity contribution in [1.29, 1.82) is 0 Å². The van der Waals surface area contributed by atoms with Gasteiger partial charge in [-0.15, -0.1) is 0 Å². The van der Waals surface area contributed by atoms with Crippen LogP contribution in [0.3, 0.4) is 0 Å². The molecule has 144 valence electrons. The summed E-state index contributed by atoms with van der Waals surface area (Å²) in [5, 5.41) is 2.60. The monoisotopic (exact) mass is 392 g/mol. The van der Waals surface area contributed by atoms with E-state index in [1.165, 1.54) is 13.0 Å². The van der Waals surface area contributed by atoms with Crippen LogP contribution in [0.4, 0.5) is 10.1 Å². The van der Waals surface area contributed by atoms with Crippen LogP contribution in [0.5, 0.6) is 0 Å². The van der Waals surface area contributed by atoms with Gasteiger partial charge in [-0.2, -0.15) is 4.31 Å². The number of benzene rings is 2. The van der Waals surface area contributed by atoms with Gasteiger partial charge in [-0.25, -0.2) is 12.8 Å². The Labute approximate surface area is 158 Å². The molecule has 1 N–H and O–H groups in total. The molecule has 0 saturated heterocycles. The van der Waals surface area contributed by atoms with E-state index in [9.17, 15) is 22.4 Å². The molecule has 27 heavy (non-hydrogen) atoms. The Kier molecular flexibility index (Phi) is 6.45. The summed E-state index contributed by atoms with van der Waals surface area (Å²) in [5.41, 5.74) is 0.947. The van der Waals surface area contributed by atoms with Crippen molar-refractivity contribution in [1.82, 2.24) is 4.31 Å². The third-order valence-corrected chi connectivity index (χ3v) is 6.13. The first-order valence-corrected chi connectivity index (χ1v) is 9.86. The van der Waals surface area contributed by atoms with Gasteiger partial charge in [0, 0.05) is 29.9 Å². The Morgan fingerprint density at radius 3 is 2.07 bits per heavy atom. The zero-order valence-corrected chi connectivity index (χ0v) is 16.1. The molecule has 1 amide bonds. The van der Waals surface area contributed by atoms with Gasteiger partial charge < -0.3 is 5.32 Å². The number of carbonyl (C=O) groups excluding carboxylic acids is 2. The summed E-state index contributed by atoms with van der Waals surface area (Å²) in [6.45, 7) is 5.12. The van der Waals surface area contributed by atoms with E-state index in [2.05, 4.69) is 5.32 Å². The molecule has 2 aromatic rings. The smallest absolute Gasteiger partial charge is 0.255 e. The van der Waals surface area contributed by atoms with Gasteiger partial charge in [0.2, 0.25) is 10.0 Å². The molecule has 0 atom stereocenters. The molecule has 0 radical (unpaired) electrons. The number of rotatable bonds is 7. The number of Topliss-reactive ketones (excluding diaryl/α,β-unsaturated/α-hetero) is 1.